The molecular weight excluding hydrogens is 256 g/mol. The van der Waals surface area contributed by atoms with E-state index >= 15 is 0 Å². The molecule has 0 N–H and O–H groups in total. The summed E-state index contributed by atoms with van der Waals surface area (Å²) >= 11 is 0. The van der Waals surface area contributed by atoms with Crippen molar-refractivity contribution >= 4 is 11.4 Å². The Labute approximate surface area is 129 Å². The van der Waals surface area contributed by atoms with Gasteiger partial charge in [0.25, 0.3) is 0 Å². The summed E-state index contributed by atoms with van der Waals surface area (Å²) < 4.78 is 0. The van der Waals surface area contributed by atoms with Gasteiger partial charge in [0.05, 0.1) is 0 Å². The van der Waals surface area contributed by atoms with E-state index in [1.54, 1.807) is 0 Å². The van der Waals surface area contributed by atoms with Crippen molar-refractivity contribution in [1.29, 1.82) is 0 Å². The molecule has 2 aromatic carbocycles. The molecule has 21 heavy (non-hydrogen) atoms. The molecule has 0 unspecified atom stereocenters. The first-order valence-corrected chi connectivity index (χ1v) is 7.62. The predicted molar refractivity (Wildman–Crippen MR) is 92.5 cm³/mol. The van der Waals surface area contributed by atoms with E-state index in [-0.39, 0.29) is 0 Å². The lowest BCUT2D eigenvalue weighted by molar-refractivity contribution is 0.402. The third kappa shape index (κ3) is 4.61. The molecule has 112 valence electrons. The van der Waals surface area contributed by atoms with Crippen LogP contribution in [0.15, 0.2) is 48.5 Å². The quantitative estimate of drug-likeness (QED) is 0.775. The van der Waals surface area contributed by atoms with Crippen molar-refractivity contribution in [1.82, 2.24) is 4.90 Å². The van der Waals surface area contributed by atoms with Crippen LogP contribution in [0.1, 0.15) is 17.5 Å². The molecule has 0 amide bonds. The molecule has 2 nitrogen and oxygen atoms in total. The smallest absolute Gasteiger partial charge is 0.0410 e. The Balaban J connectivity index is 2.21. The lowest BCUT2D eigenvalue weighted by Gasteiger charge is -2.26. The van der Waals surface area contributed by atoms with Crippen LogP contribution in [0.4, 0.5) is 11.4 Å². The first-order valence-electron chi connectivity index (χ1n) is 7.62. The zero-order valence-corrected chi connectivity index (χ0v) is 13.6. The molecule has 0 bridgehead atoms. The number of nitrogens with zero attached hydrogens (tertiary/aromatic N) is 2. The lowest BCUT2D eigenvalue weighted by Crippen LogP contribution is -2.23. The summed E-state index contributed by atoms with van der Waals surface area (Å²) in [5.41, 5.74) is 5.14. The van der Waals surface area contributed by atoms with Crippen molar-refractivity contribution in [2.45, 2.75) is 20.3 Å². The molecule has 2 aromatic rings. The fourth-order valence-corrected chi connectivity index (χ4v) is 2.40. The van der Waals surface area contributed by atoms with Gasteiger partial charge in [0, 0.05) is 17.9 Å². The topological polar surface area (TPSA) is 6.48 Å². The van der Waals surface area contributed by atoms with Crippen molar-refractivity contribution in [3.63, 3.8) is 0 Å². The van der Waals surface area contributed by atoms with Crippen LogP contribution in [-0.4, -0.2) is 32.1 Å². The Bertz CT molecular complexity index is 495. The first-order chi connectivity index (χ1) is 10.1. The zero-order valence-electron chi connectivity index (χ0n) is 13.6. The maximum Gasteiger partial charge on any atom is 0.0410 e. The third-order valence-electron chi connectivity index (χ3n) is 3.68. The van der Waals surface area contributed by atoms with Gasteiger partial charge in [-0.2, -0.15) is 0 Å². The summed E-state index contributed by atoms with van der Waals surface area (Å²) in [4.78, 5) is 4.64. The minimum absolute atomic E-state index is 1.03. The van der Waals surface area contributed by atoms with Gasteiger partial charge in [-0.05, 0) is 65.2 Å². The van der Waals surface area contributed by atoms with E-state index in [0.717, 1.165) is 19.5 Å². The van der Waals surface area contributed by atoms with Crippen LogP contribution in [0, 0.1) is 13.8 Å². The second kappa shape index (κ2) is 7.28. The average molecular weight is 282 g/mol. The molecule has 0 aliphatic rings. The van der Waals surface area contributed by atoms with Crippen LogP contribution < -0.4 is 4.90 Å². The summed E-state index contributed by atoms with van der Waals surface area (Å²) in [6.07, 6.45) is 1.15. The third-order valence-corrected chi connectivity index (χ3v) is 3.68. The van der Waals surface area contributed by atoms with Gasteiger partial charge in [0.2, 0.25) is 0 Å². The molecule has 0 spiro atoms. The highest BCUT2D eigenvalue weighted by atomic mass is 15.1. The molecule has 2 heteroatoms. The van der Waals surface area contributed by atoms with Gasteiger partial charge < -0.3 is 9.80 Å². The van der Waals surface area contributed by atoms with E-state index < -0.39 is 0 Å². The minimum Gasteiger partial charge on any atom is -0.341 e. The van der Waals surface area contributed by atoms with Crippen molar-refractivity contribution in [3.8, 4) is 0 Å². The highest BCUT2D eigenvalue weighted by Crippen LogP contribution is 2.26. The molecule has 0 heterocycles. The molecule has 0 aliphatic heterocycles. The number of anilines is 2. The summed E-state index contributed by atoms with van der Waals surface area (Å²) in [5, 5.41) is 0. The number of rotatable bonds is 6. The Morgan fingerprint density at radius 2 is 1.10 bits per heavy atom. The molecule has 0 aromatic heterocycles. The van der Waals surface area contributed by atoms with Crippen LogP contribution in [0.5, 0.6) is 0 Å². The average Bonchev–Trinajstić information content (AvgIpc) is 2.46. The van der Waals surface area contributed by atoms with Crippen LogP contribution >= 0.6 is 0 Å². The Hall–Kier alpha value is -1.80. The fraction of sp³-hybridized carbons (Fsp3) is 0.368. The maximum absolute atomic E-state index is 2.41. The second-order valence-corrected chi connectivity index (χ2v) is 5.98. The Kier molecular flexibility index (Phi) is 5.40. The maximum atomic E-state index is 2.41. The molecule has 0 saturated carbocycles. The lowest BCUT2D eigenvalue weighted by atomic mass is 10.1. The van der Waals surface area contributed by atoms with E-state index in [2.05, 4.69) is 86.3 Å². The van der Waals surface area contributed by atoms with Crippen LogP contribution in [0.25, 0.3) is 0 Å². The standard InChI is InChI=1S/C19H26N2/c1-16-6-10-18(11-7-16)21(15-5-14-20(3)4)19-12-8-17(2)9-13-19/h6-13H,5,14-15H2,1-4H3. The molecular formula is C19H26N2. The van der Waals surface area contributed by atoms with E-state index in [9.17, 15) is 0 Å². The van der Waals surface area contributed by atoms with Crippen molar-refractivity contribution in [2.24, 2.45) is 0 Å². The van der Waals surface area contributed by atoms with Gasteiger partial charge in [0.15, 0.2) is 0 Å². The molecule has 2 rings (SSSR count). The summed E-state index contributed by atoms with van der Waals surface area (Å²) in [6, 6.07) is 17.6. The molecule has 0 radical (unpaired) electrons. The van der Waals surface area contributed by atoms with E-state index in [1.165, 1.54) is 22.5 Å². The van der Waals surface area contributed by atoms with Gasteiger partial charge in [-0.3, -0.25) is 0 Å². The van der Waals surface area contributed by atoms with Crippen LogP contribution in [-0.2, 0) is 0 Å². The van der Waals surface area contributed by atoms with Gasteiger partial charge in [-0.1, -0.05) is 35.4 Å². The Morgan fingerprint density at radius 3 is 1.48 bits per heavy atom. The molecule has 0 fully saturated rings. The predicted octanol–water partition coefficient (Wildman–Crippen LogP) is 4.39. The highest BCUT2D eigenvalue weighted by Gasteiger charge is 2.09. The van der Waals surface area contributed by atoms with Crippen molar-refractivity contribution < 1.29 is 0 Å². The summed E-state index contributed by atoms with van der Waals surface area (Å²) in [7, 11) is 4.25. The van der Waals surface area contributed by atoms with Crippen LogP contribution in [0.2, 0.25) is 0 Å². The number of hydrogen-bond acceptors (Lipinski definition) is 2. The van der Waals surface area contributed by atoms with Crippen LogP contribution in [0.3, 0.4) is 0 Å². The monoisotopic (exact) mass is 282 g/mol. The largest absolute Gasteiger partial charge is 0.341 e. The number of benzene rings is 2. The van der Waals surface area contributed by atoms with Gasteiger partial charge in [0.1, 0.15) is 0 Å². The summed E-state index contributed by atoms with van der Waals surface area (Å²) in [5.74, 6) is 0. The van der Waals surface area contributed by atoms with Gasteiger partial charge in [-0.25, -0.2) is 0 Å². The van der Waals surface area contributed by atoms with E-state index in [4.69, 9.17) is 0 Å². The van der Waals surface area contributed by atoms with E-state index in [0.29, 0.717) is 0 Å². The number of hydrogen-bond donors (Lipinski definition) is 0. The zero-order chi connectivity index (χ0) is 15.2. The van der Waals surface area contributed by atoms with Crippen molar-refractivity contribution in [2.75, 3.05) is 32.1 Å². The SMILES string of the molecule is Cc1ccc(N(CCCN(C)C)c2ccc(C)cc2)cc1. The van der Waals surface area contributed by atoms with E-state index in [1.807, 2.05) is 0 Å². The first kappa shape index (κ1) is 15.6. The molecule has 0 saturated heterocycles. The minimum atomic E-state index is 1.03. The van der Waals surface area contributed by atoms with Gasteiger partial charge in [-0.15, -0.1) is 0 Å². The highest BCUT2D eigenvalue weighted by molar-refractivity contribution is 5.63. The Morgan fingerprint density at radius 1 is 0.667 bits per heavy atom. The number of aryl methyl sites for hydroxylation is 2. The molecule has 0 atom stereocenters. The normalized spacial score (nSPS) is 10.9. The molecule has 0 aliphatic carbocycles. The van der Waals surface area contributed by atoms with Crippen molar-refractivity contribution in [3.05, 3.63) is 59.7 Å². The fourth-order valence-electron chi connectivity index (χ4n) is 2.40. The second-order valence-electron chi connectivity index (χ2n) is 5.98. The summed E-state index contributed by atoms with van der Waals surface area (Å²) in [6.45, 7) is 6.40. The van der Waals surface area contributed by atoms with Gasteiger partial charge >= 0.3 is 0 Å².